The van der Waals surface area contributed by atoms with Crippen LogP contribution in [0.3, 0.4) is 0 Å². The molecule has 2 aliphatic rings. The summed E-state index contributed by atoms with van der Waals surface area (Å²) in [6, 6.07) is 0.713. The van der Waals surface area contributed by atoms with Crippen LogP contribution in [0.15, 0.2) is 0 Å². The molecule has 1 saturated carbocycles. The first-order valence-corrected chi connectivity index (χ1v) is 9.17. The maximum atomic E-state index is 4.99. The van der Waals surface area contributed by atoms with E-state index < -0.39 is 0 Å². The van der Waals surface area contributed by atoms with Crippen LogP contribution in [-0.2, 0) is 6.54 Å². The Labute approximate surface area is 132 Å². The van der Waals surface area contributed by atoms with Crippen LogP contribution in [-0.4, -0.2) is 49.2 Å². The van der Waals surface area contributed by atoms with Crippen LogP contribution < -0.4 is 10.2 Å². The van der Waals surface area contributed by atoms with Crippen molar-refractivity contribution in [3.63, 3.8) is 0 Å². The van der Waals surface area contributed by atoms with Gasteiger partial charge in [0.1, 0.15) is 0 Å². The van der Waals surface area contributed by atoms with Crippen molar-refractivity contribution in [3.8, 4) is 0 Å². The monoisotopic (exact) mass is 308 g/mol. The van der Waals surface area contributed by atoms with E-state index in [1.54, 1.807) is 0 Å². The lowest BCUT2D eigenvalue weighted by molar-refractivity contribution is 0.193. The minimum Gasteiger partial charge on any atom is -0.346 e. The number of thiazole rings is 1. The summed E-state index contributed by atoms with van der Waals surface area (Å²) in [6.07, 6.45) is 3.92. The predicted octanol–water partition coefficient (Wildman–Crippen LogP) is 2.66. The highest BCUT2D eigenvalue weighted by molar-refractivity contribution is 7.15. The van der Waals surface area contributed by atoms with Crippen molar-refractivity contribution >= 4 is 16.5 Å². The SMILES string of the molecule is CCC(C)N1CCN(c2nc(C3CC3)c(CNC)s2)CC1. The summed E-state index contributed by atoms with van der Waals surface area (Å²) in [4.78, 5) is 11.6. The summed E-state index contributed by atoms with van der Waals surface area (Å²) in [5.74, 6) is 0.750. The van der Waals surface area contributed by atoms with Crippen molar-refractivity contribution in [2.24, 2.45) is 0 Å². The molecule has 0 bridgehead atoms. The van der Waals surface area contributed by atoms with Gasteiger partial charge < -0.3 is 10.2 Å². The molecule has 21 heavy (non-hydrogen) atoms. The summed E-state index contributed by atoms with van der Waals surface area (Å²) in [7, 11) is 2.03. The molecule has 2 fully saturated rings. The van der Waals surface area contributed by atoms with E-state index >= 15 is 0 Å². The third-order valence-corrected chi connectivity index (χ3v) is 5.95. The van der Waals surface area contributed by atoms with E-state index in [1.165, 1.54) is 48.1 Å². The molecule has 118 valence electrons. The Kier molecular flexibility index (Phi) is 4.82. The Morgan fingerprint density at radius 1 is 1.29 bits per heavy atom. The van der Waals surface area contributed by atoms with E-state index in [1.807, 2.05) is 18.4 Å². The molecule has 1 aromatic rings. The van der Waals surface area contributed by atoms with Gasteiger partial charge in [-0.1, -0.05) is 6.92 Å². The molecule has 1 unspecified atom stereocenters. The molecule has 0 spiro atoms. The van der Waals surface area contributed by atoms with E-state index in [2.05, 4.69) is 29.0 Å². The third kappa shape index (κ3) is 3.41. The van der Waals surface area contributed by atoms with E-state index in [0.717, 1.165) is 25.6 Å². The van der Waals surface area contributed by atoms with Crippen molar-refractivity contribution < 1.29 is 0 Å². The van der Waals surface area contributed by atoms with Gasteiger partial charge in [0.2, 0.25) is 0 Å². The molecule has 1 aliphatic carbocycles. The Hall–Kier alpha value is -0.650. The summed E-state index contributed by atoms with van der Waals surface area (Å²) in [6.45, 7) is 10.2. The number of nitrogens with one attached hydrogen (secondary N) is 1. The van der Waals surface area contributed by atoms with Crippen molar-refractivity contribution in [1.29, 1.82) is 0 Å². The molecule has 0 radical (unpaired) electrons. The maximum Gasteiger partial charge on any atom is 0.185 e. The fourth-order valence-corrected chi connectivity index (χ4v) is 4.27. The van der Waals surface area contributed by atoms with Gasteiger partial charge in [0.25, 0.3) is 0 Å². The highest BCUT2D eigenvalue weighted by Gasteiger charge is 2.31. The van der Waals surface area contributed by atoms with Crippen LogP contribution in [0.2, 0.25) is 0 Å². The molecule has 1 saturated heterocycles. The van der Waals surface area contributed by atoms with Gasteiger partial charge in [-0.2, -0.15) is 0 Å². The molecule has 1 N–H and O–H groups in total. The molecule has 2 heterocycles. The summed E-state index contributed by atoms with van der Waals surface area (Å²) in [5, 5.41) is 4.55. The van der Waals surface area contributed by atoms with Gasteiger partial charge in [0, 0.05) is 49.6 Å². The number of nitrogens with zero attached hydrogens (tertiary/aromatic N) is 3. The summed E-state index contributed by atoms with van der Waals surface area (Å²) < 4.78 is 0. The zero-order chi connectivity index (χ0) is 14.8. The molecule has 1 aromatic heterocycles. The second-order valence-electron chi connectivity index (χ2n) is 6.39. The lowest BCUT2D eigenvalue weighted by Crippen LogP contribution is -2.49. The summed E-state index contributed by atoms with van der Waals surface area (Å²) in [5.41, 5.74) is 1.38. The fraction of sp³-hybridized carbons (Fsp3) is 0.812. The van der Waals surface area contributed by atoms with E-state index in [-0.39, 0.29) is 0 Å². The lowest BCUT2D eigenvalue weighted by atomic mass is 10.2. The van der Waals surface area contributed by atoms with Gasteiger partial charge in [0.05, 0.1) is 5.69 Å². The van der Waals surface area contributed by atoms with Crippen LogP contribution in [0.5, 0.6) is 0 Å². The average molecular weight is 308 g/mol. The Morgan fingerprint density at radius 3 is 2.57 bits per heavy atom. The largest absolute Gasteiger partial charge is 0.346 e. The van der Waals surface area contributed by atoms with E-state index in [9.17, 15) is 0 Å². The molecule has 0 aromatic carbocycles. The number of hydrogen-bond donors (Lipinski definition) is 1. The van der Waals surface area contributed by atoms with Gasteiger partial charge in [-0.15, -0.1) is 11.3 Å². The van der Waals surface area contributed by atoms with Crippen molar-refractivity contribution in [2.45, 2.75) is 51.6 Å². The van der Waals surface area contributed by atoms with Crippen LogP contribution in [0.25, 0.3) is 0 Å². The van der Waals surface area contributed by atoms with Crippen LogP contribution in [0.1, 0.15) is 49.6 Å². The topological polar surface area (TPSA) is 31.4 Å². The first-order valence-electron chi connectivity index (χ1n) is 8.36. The molecule has 0 amide bonds. The number of rotatable bonds is 6. The molecule has 1 atom stereocenters. The highest BCUT2D eigenvalue weighted by Crippen LogP contribution is 2.44. The maximum absolute atomic E-state index is 4.99. The second-order valence-corrected chi connectivity index (χ2v) is 7.45. The number of hydrogen-bond acceptors (Lipinski definition) is 5. The van der Waals surface area contributed by atoms with Gasteiger partial charge in [-0.3, -0.25) is 4.90 Å². The average Bonchev–Trinajstić information content (AvgIpc) is 3.28. The van der Waals surface area contributed by atoms with Crippen LogP contribution >= 0.6 is 11.3 Å². The zero-order valence-corrected chi connectivity index (χ0v) is 14.4. The van der Waals surface area contributed by atoms with E-state index in [4.69, 9.17) is 4.98 Å². The standard InChI is InChI=1S/C16H28N4S/c1-4-12(2)19-7-9-20(10-8-19)16-18-15(13-5-6-13)14(21-16)11-17-3/h12-13,17H,4-11H2,1-3H3. The minimum atomic E-state index is 0.713. The smallest absolute Gasteiger partial charge is 0.185 e. The fourth-order valence-electron chi connectivity index (χ4n) is 3.06. The van der Waals surface area contributed by atoms with Gasteiger partial charge >= 0.3 is 0 Å². The minimum absolute atomic E-state index is 0.713. The number of anilines is 1. The molecule has 1 aliphatic heterocycles. The molecular formula is C16H28N4S. The molecule has 4 nitrogen and oxygen atoms in total. The van der Waals surface area contributed by atoms with E-state index in [0.29, 0.717) is 6.04 Å². The number of piperazine rings is 1. The van der Waals surface area contributed by atoms with Gasteiger partial charge in [-0.25, -0.2) is 4.98 Å². The zero-order valence-electron chi connectivity index (χ0n) is 13.6. The Bertz CT molecular complexity index is 461. The van der Waals surface area contributed by atoms with Crippen molar-refractivity contribution in [1.82, 2.24) is 15.2 Å². The van der Waals surface area contributed by atoms with Gasteiger partial charge in [-0.05, 0) is 33.2 Å². The Balaban J connectivity index is 1.66. The van der Waals surface area contributed by atoms with Crippen molar-refractivity contribution in [2.75, 3.05) is 38.1 Å². The van der Waals surface area contributed by atoms with Crippen LogP contribution in [0, 0.1) is 0 Å². The van der Waals surface area contributed by atoms with Gasteiger partial charge in [0.15, 0.2) is 5.13 Å². The van der Waals surface area contributed by atoms with Crippen LogP contribution in [0.4, 0.5) is 5.13 Å². The first-order chi connectivity index (χ1) is 10.2. The van der Waals surface area contributed by atoms with Crippen molar-refractivity contribution in [3.05, 3.63) is 10.6 Å². The predicted molar refractivity (Wildman–Crippen MR) is 90.4 cm³/mol. The molecule has 5 heteroatoms. The second kappa shape index (κ2) is 6.63. The third-order valence-electron chi connectivity index (χ3n) is 4.82. The lowest BCUT2D eigenvalue weighted by Gasteiger charge is -2.37. The first kappa shape index (κ1) is 15.3. The quantitative estimate of drug-likeness (QED) is 0.875. The normalized spacial score (nSPS) is 21.8. The Morgan fingerprint density at radius 2 is 2.00 bits per heavy atom. The highest BCUT2D eigenvalue weighted by atomic mass is 32.1. The molecule has 3 rings (SSSR count). The molecular weight excluding hydrogens is 280 g/mol. The number of aromatic nitrogens is 1. The summed E-state index contributed by atoms with van der Waals surface area (Å²) >= 11 is 1.91.